The number of nitrogens with zero attached hydrogens (tertiary/aromatic N) is 4. The van der Waals surface area contributed by atoms with Crippen LogP contribution in [0, 0.1) is 18.3 Å². The summed E-state index contributed by atoms with van der Waals surface area (Å²) in [5, 5.41) is 9.63. The van der Waals surface area contributed by atoms with Gasteiger partial charge in [-0.15, -0.1) is 0 Å². The normalized spacial score (nSPS) is 14.8. The third kappa shape index (κ3) is 5.21. The molecule has 0 N–H and O–H groups in total. The fourth-order valence-electron chi connectivity index (χ4n) is 3.95. The molecule has 172 valence electrons. The largest absolute Gasteiger partial charge is 0.356 e. The summed E-state index contributed by atoms with van der Waals surface area (Å²) in [4.78, 5) is 30.1. The Morgan fingerprint density at radius 2 is 1.91 bits per heavy atom. The van der Waals surface area contributed by atoms with E-state index in [0.717, 1.165) is 24.8 Å². The van der Waals surface area contributed by atoms with Gasteiger partial charge in [-0.1, -0.05) is 74.1 Å². The lowest BCUT2D eigenvalue weighted by Crippen LogP contribution is -2.31. The Hall–Kier alpha value is -2.89. The van der Waals surface area contributed by atoms with Crippen molar-refractivity contribution in [2.75, 3.05) is 18.5 Å². The molecule has 1 aromatic carbocycles. The summed E-state index contributed by atoms with van der Waals surface area (Å²) in [6.45, 7) is 5.05. The topological polar surface area (TPSA) is 69.3 Å². The van der Waals surface area contributed by atoms with E-state index in [1.54, 1.807) is 24.9 Å². The number of carbonyl (C=O) groups is 1. The van der Waals surface area contributed by atoms with Gasteiger partial charge in [0.25, 0.3) is 11.5 Å². The lowest BCUT2D eigenvalue weighted by atomic mass is 10.0. The highest BCUT2D eigenvalue weighted by molar-refractivity contribution is 8.26. The zero-order valence-corrected chi connectivity index (χ0v) is 21.1. The van der Waals surface area contributed by atoms with E-state index in [1.165, 1.54) is 16.3 Å². The van der Waals surface area contributed by atoms with Crippen molar-refractivity contribution >= 4 is 46.1 Å². The second-order valence-electron chi connectivity index (χ2n) is 8.10. The fraction of sp³-hybridized carbons (Fsp3) is 0.360. The summed E-state index contributed by atoms with van der Waals surface area (Å²) in [5.74, 6) is 0.529. The maximum absolute atomic E-state index is 13.1. The molecule has 2 aromatic rings. The van der Waals surface area contributed by atoms with Gasteiger partial charge in [-0.05, 0) is 30.5 Å². The molecule has 1 fully saturated rings. The van der Waals surface area contributed by atoms with Crippen LogP contribution in [0.25, 0.3) is 6.08 Å². The summed E-state index contributed by atoms with van der Waals surface area (Å²) in [6, 6.07) is 12.0. The molecule has 3 rings (SSSR count). The molecule has 33 heavy (non-hydrogen) atoms. The molecule has 8 heteroatoms. The van der Waals surface area contributed by atoms with Gasteiger partial charge in [0.2, 0.25) is 0 Å². The van der Waals surface area contributed by atoms with Crippen LogP contribution in [0.5, 0.6) is 0 Å². The van der Waals surface area contributed by atoms with Gasteiger partial charge in [-0.3, -0.25) is 19.1 Å². The molecule has 6 nitrogen and oxygen atoms in total. The lowest BCUT2D eigenvalue weighted by molar-refractivity contribution is -0.122. The number of hydrogen-bond donors (Lipinski definition) is 0. The molecular weight excluding hydrogens is 452 g/mol. The van der Waals surface area contributed by atoms with Crippen molar-refractivity contribution in [3.8, 4) is 6.07 Å². The van der Waals surface area contributed by atoms with Gasteiger partial charge in [-0.2, -0.15) is 5.26 Å². The average molecular weight is 481 g/mol. The zero-order chi connectivity index (χ0) is 24.1. The molecule has 1 aliphatic heterocycles. The summed E-state index contributed by atoms with van der Waals surface area (Å²) in [5.41, 5.74) is 2.06. The number of rotatable bonds is 8. The van der Waals surface area contributed by atoms with Crippen LogP contribution in [0.2, 0.25) is 0 Å². The molecule has 0 saturated carbocycles. The first-order chi connectivity index (χ1) is 15.8. The molecule has 0 radical (unpaired) electrons. The number of anilines is 1. The van der Waals surface area contributed by atoms with E-state index in [-0.39, 0.29) is 17.0 Å². The molecule has 0 aliphatic carbocycles. The summed E-state index contributed by atoms with van der Waals surface area (Å²) in [6.07, 6.45) is 4.79. The number of pyridine rings is 1. The Balaban J connectivity index is 2.08. The third-order valence-electron chi connectivity index (χ3n) is 5.73. The Bertz CT molecular complexity index is 1200. The average Bonchev–Trinajstić information content (AvgIpc) is 3.06. The monoisotopic (exact) mass is 480 g/mol. The minimum atomic E-state index is -0.353. The second kappa shape index (κ2) is 10.8. The Labute approximate surface area is 204 Å². The van der Waals surface area contributed by atoms with Crippen LogP contribution in [0.3, 0.4) is 0 Å². The minimum Gasteiger partial charge on any atom is -0.356 e. The van der Waals surface area contributed by atoms with E-state index < -0.39 is 0 Å². The van der Waals surface area contributed by atoms with Crippen LogP contribution in [-0.4, -0.2) is 33.3 Å². The van der Waals surface area contributed by atoms with E-state index in [9.17, 15) is 14.9 Å². The predicted octanol–water partition coefficient (Wildman–Crippen LogP) is 4.59. The maximum Gasteiger partial charge on any atom is 0.270 e. The van der Waals surface area contributed by atoms with E-state index in [4.69, 9.17) is 12.2 Å². The molecular formula is C25H28N4O2S2. The number of amides is 1. The first kappa shape index (κ1) is 24.7. The molecule has 1 aliphatic rings. The Morgan fingerprint density at radius 1 is 1.21 bits per heavy atom. The fourth-order valence-corrected chi connectivity index (χ4v) is 5.24. The van der Waals surface area contributed by atoms with Crippen LogP contribution in [0.4, 0.5) is 5.82 Å². The van der Waals surface area contributed by atoms with Crippen molar-refractivity contribution in [1.29, 1.82) is 5.26 Å². The van der Waals surface area contributed by atoms with E-state index in [2.05, 4.69) is 6.92 Å². The van der Waals surface area contributed by atoms with Crippen molar-refractivity contribution in [3.63, 3.8) is 0 Å². The van der Waals surface area contributed by atoms with Gasteiger partial charge in [0.1, 0.15) is 21.8 Å². The SMILES string of the molecule is CCCCCN1C(=O)C(=Cc2c(C)c(C#N)c(=O)n(C)c2N(C)Cc2ccccc2)SC1=S. The number of hydrogen-bond acceptors (Lipinski definition) is 6. The number of thioether (sulfide) groups is 1. The summed E-state index contributed by atoms with van der Waals surface area (Å²) < 4.78 is 2.03. The zero-order valence-electron chi connectivity index (χ0n) is 19.4. The van der Waals surface area contributed by atoms with Crippen LogP contribution >= 0.6 is 24.0 Å². The van der Waals surface area contributed by atoms with Crippen LogP contribution < -0.4 is 10.5 Å². The van der Waals surface area contributed by atoms with Crippen molar-refractivity contribution in [2.45, 2.75) is 39.7 Å². The lowest BCUT2D eigenvalue weighted by Gasteiger charge is -2.26. The first-order valence-corrected chi connectivity index (χ1v) is 12.2. The molecule has 0 spiro atoms. The highest BCUT2D eigenvalue weighted by atomic mass is 32.2. The number of nitriles is 1. The smallest absolute Gasteiger partial charge is 0.270 e. The third-order valence-corrected chi connectivity index (χ3v) is 7.10. The minimum absolute atomic E-state index is 0.0824. The second-order valence-corrected chi connectivity index (χ2v) is 9.77. The number of aromatic nitrogens is 1. The van der Waals surface area contributed by atoms with E-state index in [0.29, 0.717) is 39.3 Å². The van der Waals surface area contributed by atoms with Gasteiger partial charge in [-0.25, -0.2) is 0 Å². The van der Waals surface area contributed by atoms with Gasteiger partial charge >= 0.3 is 0 Å². The van der Waals surface area contributed by atoms with Crippen molar-refractivity contribution in [1.82, 2.24) is 9.47 Å². The first-order valence-electron chi connectivity index (χ1n) is 10.9. The quantitative estimate of drug-likeness (QED) is 0.313. The predicted molar refractivity (Wildman–Crippen MR) is 139 cm³/mol. The summed E-state index contributed by atoms with van der Waals surface area (Å²) >= 11 is 6.74. The van der Waals surface area contributed by atoms with Crippen LogP contribution in [0.1, 0.15) is 48.4 Å². The number of carbonyl (C=O) groups excluding carboxylic acids is 1. The molecule has 1 aromatic heterocycles. The van der Waals surface area contributed by atoms with Crippen molar-refractivity contribution in [3.05, 3.63) is 67.8 Å². The van der Waals surface area contributed by atoms with Crippen molar-refractivity contribution in [2.24, 2.45) is 7.05 Å². The van der Waals surface area contributed by atoms with E-state index >= 15 is 0 Å². The molecule has 0 atom stereocenters. The Kier molecular flexibility index (Phi) is 8.11. The van der Waals surface area contributed by atoms with Gasteiger partial charge in [0.15, 0.2) is 0 Å². The highest BCUT2D eigenvalue weighted by Crippen LogP contribution is 2.35. The standard InChI is InChI=1S/C25H28N4O2S2/c1-5-6-10-13-29-24(31)21(33-25(29)32)14-19-17(2)20(15-26)23(30)28(4)22(19)27(3)16-18-11-8-7-9-12-18/h7-9,11-12,14H,5-6,10,13,16H2,1-4H3. The van der Waals surface area contributed by atoms with Crippen molar-refractivity contribution < 1.29 is 4.79 Å². The molecule has 0 unspecified atom stereocenters. The highest BCUT2D eigenvalue weighted by Gasteiger charge is 2.32. The number of benzene rings is 1. The number of thiocarbonyl (C=S) groups is 1. The van der Waals surface area contributed by atoms with E-state index in [1.807, 2.05) is 48.3 Å². The van der Waals surface area contributed by atoms with Gasteiger partial charge < -0.3 is 4.90 Å². The molecule has 0 bridgehead atoms. The molecule has 2 heterocycles. The van der Waals surface area contributed by atoms with Gasteiger partial charge in [0.05, 0.1) is 4.91 Å². The summed E-state index contributed by atoms with van der Waals surface area (Å²) in [7, 11) is 3.56. The van der Waals surface area contributed by atoms with Crippen LogP contribution in [-0.2, 0) is 18.4 Å². The van der Waals surface area contributed by atoms with Gasteiger partial charge in [0, 0.05) is 32.7 Å². The maximum atomic E-state index is 13.1. The number of unbranched alkanes of at least 4 members (excludes halogenated alkanes) is 2. The molecule has 1 saturated heterocycles. The Morgan fingerprint density at radius 3 is 2.55 bits per heavy atom. The van der Waals surface area contributed by atoms with Crippen LogP contribution in [0.15, 0.2) is 40.0 Å². The molecule has 1 amide bonds.